The summed E-state index contributed by atoms with van der Waals surface area (Å²) in [4.78, 5) is 13.3. The van der Waals surface area contributed by atoms with E-state index in [1.54, 1.807) is 11.3 Å². The summed E-state index contributed by atoms with van der Waals surface area (Å²) in [5.74, 6) is 0.789. The Balaban J connectivity index is 1.94. The van der Waals surface area contributed by atoms with Gasteiger partial charge in [-0.1, -0.05) is 39.7 Å². The minimum Gasteiger partial charge on any atom is -0.353 e. The highest BCUT2D eigenvalue weighted by molar-refractivity contribution is 7.10. The highest BCUT2D eigenvalue weighted by Crippen LogP contribution is 2.38. The molecule has 0 unspecified atom stereocenters. The molecule has 0 spiro atoms. The zero-order valence-corrected chi connectivity index (χ0v) is 13.1. The van der Waals surface area contributed by atoms with Gasteiger partial charge in [0, 0.05) is 10.9 Å². The first kappa shape index (κ1) is 14.6. The highest BCUT2D eigenvalue weighted by Gasteiger charge is 2.34. The summed E-state index contributed by atoms with van der Waals surface area (Å²) in [6.45, 7) is 6.88. The molecule has 19 heavy (non-hydrogen) atoms. The molecule has 106 valence electrons. The molecule has 3 heteroatoms. The summed E-state index contributed by atoms with van der Waals surface area (Å²) in [5.41, 5.74) is 0.279. The van der Waals surface area contributed by atoms with Gasteiger partial charge in [0.25, 0.3) is 0 Å². The molecule has 1 aromatic heterocycles. The average molecular weight is 279 g/mol. The maximum Gasteiger partial charge on any atom is 0.225 e. The summed E-state index contributed by atoms with van der Waals surface area (Å²) >= 11 is 1.66. The molecule has 0 aromatic carbocycles. The van der Waals surface area contributed by atoms with Crippen molar-refractivity contribution in [2.45, 2.75) is 58.9 Å². The van der Waals surface area contributed by atoms with Crippen LogP contribution in [0.3, 0.4) is 0 Å². The van der Waals surface area contributed by atoms with Gasteiger partial charge in [-0.15, -0.1) is 11.3 Å². The van der Waals surface area contributed by atoms with Crippen LogP contribution in [-0.2, 0) is 11.2 Å². The lowest BCUT2D eigenvalue weighted by atomic mass is 9.69. The maximum atomic E-state index is 12.1. The zero-order valence-electron chi connectivity index (χ0n) is 12.2. The van der Waals surface area contributed by atoms with Crippen LogP contribution in [0.2, 0.25) is 0 Å². The van der Waals surface area contributed by atoms with Crippen LogP contribution >= 0.6 is 11.3 Å². The molecule has 1 N–H and O–H groups in total. The lowest BCUT2D eigenvalue weighted by Crippen LogP contribution is -2.47. The smallest absolute Gasteiger partial charge is 0.225 e. The minimum absolute atomic E-state index is 0.184. The third-order valence-corrected chi connectivity index (χ3v) is 5.02. The quantitative estimate of drug-likeness (QED) is 0.890. The number of hydrogen-bond donors (Lipinski definition) is 1. The number of amides is 1. The Morgan fingerprint density at radius 3 is 2.74 bits per heavy atom. The maximum absolute atomic E-state index is 12.1. The number of carbonyl (C=O) groups excluding carboxylic acids is 1. The first-order chi connectivity index (χ1) is 8.97. The van der Waals surface area contributed by atoms with Crippen molar-refractivity contribution < 1.29 is 4.79 Å². The van der Waals surface area contributed by atoms with Gasteiger partial charge < -0.3 is 5.32 Å². The average Bonchev–Trinajstić information content (AvgIpc) is 2.81. The normalized spacial score (nSPS) is 24.2. The third-order valence-electron chi connectivity index (χ3n) is 4.14. The molecule has 0 radical (unpaired) electrons. The Labute approximate surface area is 120 Å². The second-order valence-electron chi connectivity index (χ2n) is 6.69. The van der Waals surface area contributed by atoms with Gasteiger partial charge in [0.15, 0.2) is 0 Å². The van der Waals surface area contributed by atoms with E-state index >= 15 is 0 Å². The van der Waals surface area contributed by atoms with E-state index < -0.39 is 0 Å². The molecular formula is C16H25NOS. The van der Waals surface area contributed by atoms with Gasteiger partial charge in [0.1, 0.15) is 0 Å². The number of thiophene rings is 1. The Hall–Kier alpha value is -0.830. The van der Waals surface area contributed by atoms with E-state index in [-0.39, 0.29) is 11.3 Å². The van der Waals surface area contributed by atoms with Crippen LogP contribution in [0.15, 0.2) is 17.5 Å². The van der Waals surface area contributed by atoms with Gasteiger partial charge in [0.2, 0.25) is 5.91 Å². The second kappa shape index (κ2) is 6.08. The molecule has 1 amide bonds. The zero-order chi connectivity index (χ0) is 13.9. The fraction of sp³-hybridized carbons (Fsp3) is 0.688. The first-order valence-corrected chi connectivity index (χ1v) is 8.16. The van der Waals surface area contributed by atoms with Crippen molar-refractivity contribution in [2.75, 3.05) is 0 Å². The molecule has 1 heterocycles. The summed E-state index contributed by atoms with van der Waals surface area (Å²) < 4.78 is 0. The summed E-state index contributed by atoms with van der Waals surface area (Å²) in [5, 5.41) is 5.31. The summed E-state index contributed by atoms with van der Waals surface area (Å²) in [6, 6.07) is 4.40. The van der Waals surface area contributed by atoms with E-state index in [1.165, 1.54) is 19.3 Å². The molecule has 0 bridgehead atoms. The van der Waals surface area contributed by atoms with Crippen molar-refractivity contribution in [3.8, 4) is 0 Å². The Bertz CT molecular complexity index is 405. The largest absolute Gasteiger partial charge is 0.353 e. The molecule has 1 aliphatic carbocycles. The molecule has 2 atom stereocenters. The lowest BCUT2D eigenvalue weighted by Gasteiger charge is -2.40. The van der Waals surface area contributed by atoms with Gasteiger partial charge >= 0.3 is 0 Å². The molecule has 2 nitrogen and oxygen atoms in total. The van der Waals surface area contributed by atoms with Gasteiger partial charge in [-0.2, -0.15) is 0 Å². The van der Waals surface area contributed by atoms with Crippen LogP contribution in [0, 0.1) is 11.3 Å². The minimum atomic E-state index is 0.184. The van der Waals surface area contributed by atoms with Crippen LogP contribution in [0.1, 0.15) is 51.3 Å². The van der Waals surface area contributed by atoms with Crippen molar-refractivity contribution in [3.63, 3.8) is 0 Å². The van der Waals surface area contributed by atoms with Gasteiger partial charge in [-0.05, 0) is 35.6 Å². The van der Waals surface area contributed by atoms with E-state index in [0.717, 1.165) is 11.3 Å². The third kappa shape index (κ3) is 4.07. The molecule has 1 aromatic rings. The van der Waals surface area contributed by atoms with E-state index in [1.807, 2.05) is 17.5 Å². The Kier molecular flexibility index (Phi) is 4.67. The SMILES string of the molecule is CC(C)(C)[C@@H]1CCCC[C@@H]1NC(=O)Cc1cccs1. The summed E-state index contributed by atoms with van der Waals surface area (Å²) in [6.07, 6.45) is 5.46. The van der Waals surface area contributed by atoms with Crippen molar-refractivity contribution in [1.82, 2.24) is 5.32 Å². The predicted octanol–water partition coefficient (Wildman–Crippen LogP) is 4.01. The molecular weight excluding hydrogens is 254 g/mol. The standard InChI is InChI=1S/C16H25NOS/c1-16(2,3)13-8-4-5-9-14(13)17-15(18)11-12-7-6-10-19-12/h6-7,10,13-14H,4-5,8-9,11H2,1-3H3,(H,17,18)/t13-,14+/m1/s1. The lowest BCUT2D eigenvalue weighted by molar-refractivity contribution is -0.122. The first-order valence-electron chi connectivity index (χ1n) is 7.28. The second-order valence-corrected chi connectivity index (χ2v) is 7.72. The van der Waals surface area contributed by atoms with Crippen LogP contribution in [0.5, 0.6) is 0 Å². The van der Waals surface area contributed by atoms with Crippen molar-refractivity contribution in [2.24, 2.45) is 11.3 Å². The van der Waals surface area contributed by atoms with Crippen molar-refractivity contribution in [3.05, 3.63) is 22.4 Å². The van der Waals surface area contributed by atoms with Crippen LogP contribution in [0.25, 0.3) is 0 Å². The van der Waals surface area contributed by atoms with Crippen LogP contribution < -0.4 is 5.32 Å². The Morgan fingerprint density at radius 1 is 1.37 bits per heavy atom. The van der Waals surface area contributed by atoms with E-state index in [4.69, 9.17) is 0 Å². The molecule has 1 aliphatic rings. The van der Waals surface area contributed by atoms with Crippen molar-refractivity contribution >= 4 is 17.2 Å². The number of nitrogens with one attached hydrogen (secondary N) is 1. The van der Waals surface area contributed by atoms with E-state index in [0.29, 0.717) is 18.4 Å². The van der Waals surface area contributed by atoms with Gasteiger partial charge in [0.05, 0.1) is 6.42 Å². The number of hydrogen-bond acceptors (Lipinski definition) is 2. The fourth-order valence-corrected chi connectivity index (χ4v) is 3.87. The van der Waals surface area contributed by atoms with Crippen LogP contribution in [-0.4, -0.2) is 11.9 Å². The van der Waals surface area contributed by atoms with Crippen molar-refractivity contribution in [1.29, 1.82) is 0 Å². The van der Waals surface area contributed by atoms with Gasteiger partial charge in [-0.25, -0.2) is 0 Å². The number of carbonyl (C=O) groups is 1. The summed E-state index contributed by atoms with van der Waals surface area (Å²) in [7, 11) is 0. The molecule has 1 saturated carbocycles. The van der Waals surface area contributed by atoms with Crippen LogP contribution in [0.4, 0.5) is 0 Å². The molecule has 1 fully saturated rings. The number of rotatable bonds is 3. The molecule has 2 rings (SSSR count). The monoisotopic (exact) mass is 279 g/mol. The van der Waals surface area contributed by atoms with Gasteiger partial charge in [-0.3, -0.25) is 4.79 Å². The predicted molar refractivity (Wildman–Crippen MR) is 81.4 cm³/mol. The highest BCUT2D eigenvalue weighted by atomic mass is 32.1. The van der Waals surface area contributed by atoms with E-state index in [9.17, 15) is 4.79 Å². The topological polar surface area (TPSA) is 29.1 Å². The molecule has 0 aliphatic heterocycles. The fourth-order valence-electron chi connectivity index (χ4n) is 3.17. The van der Waals surface area contributed by atoms with E-state index in [2.05, 4.69) is 26.1 Å². The molecule has 0 saturated heterocycles. The Morgan fingerprint density at radius 2 is 2.11 bits per heavy atom.